The smallest absolute Gasteiger partial charge is 0.330 e. The molecule has 1 N–H and O–H groups in total. The molecule has 0 fully saturated rings. The second-order valence-corrected chi connectivity index (χ2v) is 1.81. The third-order valence-electron chi connectivity index (χ3n) is 0.869. The lowest BCUT2D eigenvalue weighted by Gasteiger charge is -1.92. The maximum absolute atomic E-state index is 10.6. The van der Waals surface area contributed by atoms with Gasteiger partial charge in [0.15, 0.2) is 0 Å². The van der Waals surface area contributed by atoms with Crippen LogP contribution in [0, 0.1) is 0 Å². The Morgan fingerprint density at radius 3 is 2.42 bits per heavy atom. The van der Waals surface area contributed by atoms with Crippen molar-refractivity contribution in [3.05, 3.63) is 24.3 Å². The number of aliphatic carboxylic acids is 1. The molecule has 0 aliphatic carbocycles. The van der Waals surface area contributed by atoms with E-state index in [4.69, 9.17) is 5.11 Å². The molecule has 0 aliphatic heterocycles. The van der Waals surface area contributed by atoms with Crippen molar-refractivity contribution in [3.63, 3.8) is 0 Å². The van der Waals surface area contributed by atoms with Crippen molar-refractivity contribution in [2.75, 3.05) is 6.61 Å². The summed E-state index contributed by atoms with van der Waals surface area (Å²) in [6, 6.07) is 0. The van der Waals surface area contributed by atoms with Crippen molar-refractivity contribution in [1.82, 2.24) is 0 Å². The van der Waals surface area contributed by atoms with E-state index in [2.05, 4.69) is 4.74 Å². The Morgan fingerprint density at radius 2 is 1.92 bits per heavy atom. The minimum atomic E-state index is -1.05. The molecule has 4 nitrogen and oxygen atoms in total. The summed E-state index contributed by atoms with van der Waals surface area (Å²) in [5.74, 6) is -1.53. The van der Waals surface area contributed by atoms with Crippen LogP contribution in [0.3, 0.4) is 0 Å². The summed E-state index contributed by atoms with van der Waals surface area (Å²) in [5, 5.41) is 8.15. The van der Waals surface area contributed by atoms with Gasteiger partial charge < -0.3 is 9.84 Å². The van der Waals surface area contributed by atoms with Crippen molar-refractivity contribution < 1.29 is 19.4 Å². The molecule has 0 saturated heterocycles. The van der Waals surface area contributed by atoms with Crippen LogP contribution >= 0.6 is 0 Å². The monoisotopic (exact) mass is 170 g/mol. The van der Waals surface area contributed by atoms with Gasteiger partial charge in [-0.2, -0.15) is 0 Å². The van der Waals surface area contributed by atoms with Gasteiger partial charge >= 0.3 is 11.9 Å². The molecule has 0 amide bonds. The maximum atomic E-state index is 10.6. The zero-order valence-electron chi connectivity index (χ0n) is 6.69. The first-order chi connectivity index (χ1) is 5.66. The number of carboxylic acids is 1. The molecule has 0 bridgehead atoms. The SMILES string of the molecule is CCOC(=O)/C=C/C=C\C(=O)O. The first-order valence-corrected chi connectivity index (χ1v) is 3.41. The molecular weight excluding hydrogens is 160 g/mol. The molecule has 0 unspecified atom stereocenters. The van der Waals surface area contributed by atoms with E-state index in [1.54, 1.807) is 6.92 Å². The van der Waals surface area contributed by atoms with E-state index < -0.39 is 11.9 Å². The van der Waals surface area contributed by atoms with Crippen molar-refractivity contribution >= 4 is 11.9 Å². The molecule has 0 saturated carbocycles. The average Bonchev–Trinajstić information content (AvgIpc) is 1.98. The quantitative estimate of drug-likeness (QED) is 0.384. The lowest BCUT2D eigenvalue weighted by Crippen LogP contribution is -1.98. The zero-order chi connectivity index (χ0) is 9.40. The van der Waals surface area contributed by atoms with Crippen LogP contribution < -0.4 is 0 Å². The number of hydrogen-bond acceptors (Lipinski definition) is 3. The summed E-state index contributed by atoms with van der Waals surface area (Å²) in [4.78, 5) is 20.5. The van der Waals surface area contributed by atoms with Crippen molar-refractivity contribution in [2.45, 2.75) is 6.92 Å². The molecule has 0 rings (SSSR count). The highest BCUT2D eigenvalue weighted by Gasteiger charge is 1.90. The predicted octanol–water partition coefficient (Wildman–Crippen LogP) is 0.746. The van der Waals surface area contributed by atoms with Crippen molar-refractivity contribution in [1.29, 1.82) is 0 Å². The van der Waals surface area contributed by atoms with Gasteiger partial charge in [-0.25, -0.2) is 9.59 Å². The van der Waals surface area contributed by atoms with Gasteiger partial charge in [0.1, 0.15) is 0 Å². The third kappa shape index (κ3) is 6.54. The zero-order valence-corrected chi connectivity index (χ0v) is 6.69. The van der Waals surface area contributed by atoms with Gasteiger partial charge in [-0.15, -0.1) is 0 Å². The van der Waals surface area contributed by atoms with Crippen LogP contribution in [0.5, 0.6) is 0 Å². The number of esters is 1. The van der Waals surface area contributed by atoms with E-state index in [-0.39, 0.29) is 0 Å². The van der Waals surface area contributed by atoms with Gasteiger partial charge in [0.2, 0.25) is 0 Å². The molecule has 4 heteroatoms. The minimum Gasteiger partial charge on any atom is -0.478 e. The van der Waals surface area contributed by atoms with Crippen LogP contribution in [0.15, 0.2) is 24.3 Å². The molecular formula is C8H10O4. The Balaban J connectivity index is 3.75. The normalized spacial score (nSPS) is 10.8. The van der Waals surface area contributed by atoms with Crippen LogP contribution in [0.1, 0.15) is 6.92 Å². The highest BCUT2D eigenvalue weighted by atomic mass is 16.5. The van der Waals surface area contributed by atoms with E-state index in [0.29, 0.717) is 6.61 Å². The van der Waals surface area contributed by atoms with Gasteiger partial charge in [-0.05, 0) is 6.92 Å². The number of carbonyl (C=O) groups excluding carboxylic acids is 1. The average molecular weight is 170 g/mol. The Bertz CT molecular complexity index is 215. The molecule has 0 atom stereocenters. The van der Waals surface area contributed by atoms with E-state index >= 15 is 0 Å². The number of carboxylic acid groups (broad SMARTS) is 1. The predicted molar refractivity (Wildman–Crippen MR) is 42.5 cm³/mol. The second kappa shape index (κ2) is 6.15. The van der Waals surface area contributed by atoms with Crippen LogP contribution in [0.25, 0.3) is 0 Å². The van der Waals surface area contributed by atoms with Crippen LogP contribution in [0.2, 0.25) is 0 Å². The molecule has 12 heavy (non-hydrogen) atoms. The molecule has 0 aliphatic rings. The van der Waals surface area contributed by atoms with Crippen molar-refractivity contribution in [3.8, 4) is 0 Å². The largest absolute Gasteiger partial charge is 0.478 e. The summed E-state index contributed by atoms with van der Waals surface area (Å²) in [6.45, 7) is 2.00. The number of carbonyl (C=O) groups is 2. The lowest BCUT2D eigenvalue weighted by atomic mass is 10.4. The van der Waals surface area contributed by atoms with Gasteiger partial charge in [-0.1, -0.05) is 12.2 Å². The van der Waals surface area contributed by atoms with Gasteiger partial charge in [-0.3, -0.25) is 0 Å². The highest BCUT2D eigenvalue weighted by Crippen LogP contribution is 1.82. The van der Waals surface area contributed by atoms with E-state index in [0.717, 1.165) is 12.2 Å². The number of allylic oxidation sites excluding steroid dienone is 2. The van der Waals surface area contributed by atoms with E-state index in [1.165, 1.54) is 12.2 Å². The van der Waals surface area contributed by atoms with Crippen molar-refractivity contribution in [2.24, 2.45) is 0 Å². The molecule has 0 aromatic rings. The number of rotatable bonds is 4. The molecule has 0 spiro atoms. The third-order valence-corrected chi connectivity index (χ3v) is 0.869. The summed E-state index contributed by atoms with van der Waals surface area (Å²) < 4.78 is 4.54. The summed E-state index contributed by atoms with van der Waals surface area (Å²) in [7, 11) is 0. The standard InChI is InChI=1S/C8H10O4/c1-2-12-8(11)6-4-3-5-7(9)10/h3-6H,2H2,1H3,(H,9,10)/b5-3-,6-4+. The molecule has 0 radical (unpaired) electrons. The van der Waals surface area contributed by atoms with E-state index in [1.807, 2.05) is 0 Å². The fraction of sp³-hybridized carbons (Fsp3) is 0.250. The topological polar surface area (TPSA) is 63.6 Å². The first-order valence-electron chi connectivity index (χ1n) is 3.41. The maximum Gasteiger partial charge on any atom is 0.330 e. The summed E-state index contributed by atoms with van der Waals surface area (Å²) in [6.07, 6.45) is 4.64. The molecule has 0 heterocycles. The van der Waals surface area contributed by atoms with E-state index in [9.17, 15) is 9.59 Å². The molecule has 66 valence electrons. The van der Waals surface area contributed by atoms with Crippen LogP contribution in [-0.2, 0) is 14.3 Å². The Morgan fingerprint density at radius 1 is 1.33 bits per heavy atom. The number of hydrogen-bond donors (Lipinski definition) is 1. The Labute approximate surface area is 70.1 Å². The van der Waals surface area contributed by atoms with Gasteiger partial charge in [0.05, 0.1) is 6.61 Å². The molecule has 0 aromatic carbocycles. The van der Waals surface area contributed by atoms with Crippen LogP contribution in [0.4, 0.5) is 0 Å². The number of ether oxygens (including phenoxy) is 1. The fourth-order valence-corrected chi connectivity index (χ4v) is 0.462. The molecule has 0 aromatic heterocycles. The minimum absolute atomic E-state index is 0.311. The van der Waals surface area contributed by atoms with Gasteiger partial charge in [0.25, 0.3) is 0 Å². The highest BCUT2D eigenvalue weighted by molar-refractivity contribution is 5.83. The Hall–Kier alpha value is -1.58. The summed E-state index contributed by atoms with van der Waals surface area (Å²) in [5.41, 5.74) is 0. The second-order valence-electron chi connectivity index (χ2n) is 1.81. The van der Waals surface area contributed by atoms with Crippen LogP contribution in [-0.4, -0.2) is 23.7 Å². The summed E-state index contributed by atoms with van der Waals surface area (Å²) >= 11 is 0. The van der Waals surface area contributed by atoms with Gasteiger partial charge in [0, 0.05) is 12.2 Å². The first kappa shape index (κ1) is 10.4. The Kier molecular flexibility index (Phi) is 5.34. The lowest BCUT2D eigenvalue weighted by molar-refractivity contribution is -0.137. The fourth-order valence-electron chi connectivity index (χ4n) is 0.462.